The van der Waals surface area contributed by atoms with E-state index in [0.717, 1.165) is 11.3 Å². The Balaban J connectivity index is 2.44. The third-order valence-corrected chi connectivity index (χ3v) is 2.25. The van der Waals surface area contributed by atoms with E-state index in [0.29, 0.717) is 18.6 Å². The van der Waals surface area contributed by atoms with Gasteiger partial charge in [-0.2, -0.15) is 0 Å². The van der Waals surface area contributed by atoms with Crippen molar-refractivity contribution >= 4 is 5.97 Å². The Morgan fingerprint density at radius 2 is 2.25 bits per heavy atom. The number of aliphatic carboxylic acids is 1. The van der Waals surface area contributed by atoms with Gasteiger partial charge < -0.3 is 9.84 Å². The SMILES string of the molecule is CC=C(CCOc1cccc(C)c1)C(=O)O. The van der Waals surface area contributed by atoms with Crippen molar-refractivity contribution in [3.63, 3.8) is 0 Å². The topological polar surface area (TPSA) is 46.5 Å². The summed E-state index contributed by atoms with van der Waals surface area (Å²) < 4.78 is 5.47. The Hall–Kier alpha value is -1.77. The molecule has 0 bridgehead atoms. The van der Waals surface area contributed by atoms with Gasteiger partial charge in [-0.1, -0.05) is 18.2 Å². The zero-order chi connectivity index (χ0) is 12.0. The fourth-order valence-corrected chi connectivity index (χ4v) is 1.36. The van der Waals surface area contributed by atoms with Crippen LogP contribution in [0.2, 0.25) is 0 Å². The van der Waals surface area contributed by atoms with Gasteiger partial charge in [-0.3, -0.25) is 0 Å². The molecule has 0 saturated heterocycles. The van der Waals surface area contributed by atoms with Gasteiger partial charge in [0.15, 0.2) is 0 Å². The molecular formula is C13H16O3. The predicted molar refractivity (Wildman–Crippen MR) is 62.7 cm³/mol. The summed E-state index contributed by atoms with van der Waals surface area (Å²) in [6.45, 7) is 4.09. The monoisotopic (exact) mass is 220 g/mol. The van der Waals surface area contributed by atoms with Crippen LogP contribution in [0.25, 0.3) is 0 Å². The molecule has 1 aromatic carbocycles. The zero-order valence-corrected chi connectivity index (χ0v) is 9.56. The number of hydrogen-bond donors (Lipinski definition) is 1. The summed E-state index contributed by atoms with van der Waals surface area (Å²) in [5.41, 5.74) is 1.51. The van der Waals surface area contributed by atoms with Crippen molar-refractivity contribution in [2.24, 2.45) is 0 Å². The third-order valence-electron chi connectivity index (χ3n) is 2.25. The lowest BCUT2D eigenvalue weighted by Gasteiger charge is -2.06. The average Bonchev–Trinajstić information content (AvgIpc) is 2.24. The molecule has 0 heterocycles. The standard InChI is InChI=1S/C13H16O3/c1-3-11(13(14)15)7-8-16-12-6-4-5-10(2)9-12/h3-6,9H,7-8H2,1-2H3,(H,14,15). The smallest absolute Gasteiger partial charge is 0.331 e. The molecule has 0 fully saturated rings. The van der Waals surface area contributed by atoms with Crippen molar-refractivity contribution < 1.29 is 14.6 Å². The molecule has 0 aliphatic rings. The second kappa shape index (κ2) is 5.95. The Labute approximate surface area is 95.4 Å². The Morgan fingerprint density at radius 3 is 2.81 bits per heavy atom. The minimum atomic E-state index is -0.879. The number of allylic oxidation sites excluding steroid dienone is 1. The number of carboxylic acids is 1. The molecular weight excluding hydrogens is 204 g/mol. The van der Waals surface area contributed by atoms with Gasteiger partial charge in [0.2, 0.25) is 0 Å². The lowest BCUT2D eigenvalue weighted by molar-refractivity contribution is -0.132. The van der Waals surface area contributed by atoms with E-state index in [1.54, 1.807) is 13.0 Å². The number of rotatable bonds is 5. The first-order valence-corrected chi connectivity index (χ1v) is 5.21. The van der Waals surface area contributed by atoms with Crippen molar-refractivity contribution in [3.8, 4) is 5.75 Å². The highest BCUT2D eigenvalue weighted by molar-refractivity contribution is 5.86. The minimum Gasteiger partial charge on any atom is -0.493 e. The largest absolute Gasteiger partial charge is 0.493 e. The minimum absolute atomic E-state index is 0.382. The summed E-state index contributed by atoms with van der Waals surface area (Å²) in [4.78, 5) is 10.7. The highest BCUT2D eigenvalue weighted by Crippen LogP contribution is 2.13. The first-order valence-electron chi connectivity index (χ1n) is 5.21. The van der Waals surface area contributed by atoms with E-state index in [2.05, 4.69) is 0 Å². The summed E-state index contributed by atoms with van der Waals surface area (Å²) in [5.74, 6) is -0.101. The summed E-state index contributed by atoms with van der Waals surface area (Å²) >= 11 is 0. The van der Waals surface area contributed by atoms with Crippen LogP contribution >= 0.6 is 0 Å². The van der Waals surface area contributed by atoms with Gasteiger partial charge in [-0.15, -0.1) is 0 Å². The van der Waals surface area contributed by atoms with E-state index >= 15 is 0 Å². The quantitative estimate of drug-likeness (QED) is 0.776. The molecule has 1 N–H and O–H groups in total. The van der Waals surface area contributed by atoms with Crippen LogP contribution in [0.5, 0.6) is 5.75 Å². The van der Waals surface area contributed by atoms with Crippen molar-refractivity contribution in [3.05, 3.63) is 41.5 Å². The van der Waals surface area contributed by atoms with Gasteiger partial charge in [0.1, 0.15) is 5.75 Å². The van der Waals surface area contributed by atoms with Crippen molar-refractivity contribution in [2.45, 2.75) is 20.3 Å². The Kier molecular flexibility index (Phi) is 4.58. The van der Waals surface area contributed by atoms with Crippen LogP contribution < -0.4 is 4.74 Å². The van der Waals surface area contributed by atoms with Crippen molar-refractivity contribution in [1.82, 2.24) is 0 Å². The highest BCUT2D eigenvalue weighted by atomic mass is 16.5. The van der Waals surface area contributed by atoms with E-state index in [9.17, 15) is 4.79 Å². The molecule has 1 aromatic rings. The normalized spacial score (nSPS) is 11.2. The molecule has 0 atom stereocenters. The maximum absolute atomic E-state index is 10.7. The van der Waals surface area contributed by atoms with Gasteiger partial charge >= 0.3 is 5.97 Å². The summed E-state index contributed by atoms with van der Waals surface area (Å²) in [6.07, 6.45) is 2.02. The van der Waals surface area contributed by atoms with Gasteiger partial charge in [-0.25, -0.2) is 4.79 Å². The van der Waals surface area contributed by atoms with Gasteiger partial charge in [0.05, 0.1) is 6.61 Å². The molecule has 16 heavy (non-hydrogen) atoms. The average molecular weight is 220 g/mol. The molecule has 3 heteroatoms. The predicted octanol–water partition coefficient (Wildman–Crippen LogP) is 2.79. The molecule has 0 spiro atoms. The Morgan fingerprint density at radius 1 is 1.50 bits per heavy atom. The second-order valence-corrected chi connectivity index (χ2v) is 3.53. The van der Waals surface area contributed by atoms with E-state index < -0.39 is 5.97 Å². The van der Waals surface area contributed by atoms with Gasteiger partial charge in [0, 0.05) is 12.0 Å². The van der Waals surface area contributed by atoms with Gasteiger partial charge in [0.25, 0.3) is 0 Å². The lowest BCUT2D eigenvalue weighted by atomic mass is 10.2. The molecule has 0 radical (unpaired) electrons. The maximum atomic E-state index is 10.7. The number of carboxylic acid groups (broad SMARTS) is 1. The van der Waals surface area contributed by atoms with Crippen LogP contribution in [0, 0.1) is 6.92 Å². The lowest BCUT2D eigenvalue weighted by Crippen LogP contribution is -2.06. The van der Waals surface area contributed by atoms with Crippen LogP contribution in [0.1, 0.15) is 18.9 Å². The maximum Gasteiger partial charge on any atom is 0.331 e. The number of carbonyl (C=O) groups is 1. The summed E-state index contributed by atoms with van der Waals surface area (Å²) in [5, 5.41) is 8.79. The number of benzene rings is 1. The molecule has 0 amide bonds. The molecule has 0 aromatic heterocycles. The third kappa shape index (κ3) is 3.77. The zero-order valence-electron chi connectivity index (χ0n) is 9.56. The molecule has 0 aliphatic heterocycles. The summed E-state index contributed by atoms with van der Waals surface area (Å²) in [7, 11) is 0. The van der Waals surface area contributed by atoms with Crippen LogP contribution in [0.3, 0.4) is 0 Å². The van der Waals surface area contributed by atoms with Crippen LogP contribution in [-0.2, 0) is 4.79 Å². The highest BCUT2D eigenvalue weighted by Gasteiger charge is 2.05. The fraction of sp³-hybridized carbons (Fsp3) is 0.308. The number of aryl methyl sites for hydroxylation is 1. The first kappa shape index (κ1) is 12.3. The fourth-order valence-electron chi connectivity index (χ4n) is 1.36. The van der Waals surface area contributed by atoms with Gasteiger partial charge in [-0.05, 0) is 31.5 Å². The van der Waals surface area contributed by atoms with Crippen LogP contribution in [0.4, 0.5) is 0 Å². The van der Waals surface area contributed by atoms with E-state index in [1.165, 1.54) is 0 Å². The number of ether oxygens (including phenoxy) is 1. The first-order chi connectivity index (χ1) is 7.63. The van der Waals surface area contributed by atoms with Crippen molar-refractivity contribution in [2.75, 3.05) is 6.61 Å². The molecule has 1 rings (SSSR count). The second-order valence-electron chi connectivity index (χ2n) is 3.53. The van der Waals surface area contributed by atoms with Crippen LogP contribution in [0.15, 0.2) is 35.9 Å². The molecule has 0 aliphatic carbocycles. The van der Waals surface area contributed by atoms with Crippen LogP contribution in [-0.4, -0.2) is 17.7 Å². The van der Waals surface area contributed by atoms with E-state index in [4.69, 9.17) is 9.84 Å². The molecule has 86 valence electrons. The van der Waals surface area contributed by atoms with E-state index in [1.807, 2.05) is 31.2 Å². The molecule has 0 saturated carbocycles. The van der Waals surface area contributed by atoms with E-state index in [-0.39, 0.29) is 0 Å². The molecule has 0 unspecified atom stereocenters. The molecule has 3 nitrogen and oxygen atoms in total. The van der Waals surface area contributed by atoms with Crippen molar-refractivity contribution in [1.29, 1.82) is 0 Å². The number of hydrogen-bond acceptors (Lipinski definition) is 2. The summed E-state index contributed by atoms with van der Waals surface area (Å²) in [6, 6.07) is 7.69. The Bertz CT molecular complexity index is 394.